The fourth-order valence-corrected chi connectivity index (χ4v) is 2.27. The molecule has 2 rings (SSSR count). The number of urea groups is 1. The van der Waals surface area contributed by atoms with Gasteiger partial charge in [0.1, 0.15) is 18.2 Å². The first-order valence-corrected chi connectivity index (χ1v) is 6.94. The van der Waals surface area contributed by atoms with E-state index in [4.69, 9.17) is 16.2 Å². The monoisotopic (exact) mass is 332 g/mol. The molecule has 9 nitrogen and oxygen atoms in total. The molecule has 1 aromatic carbocycles. The number of carbonyl (C=O) groups is 2. The van der Waals surface area contributed by atoms with Crippen LogP contribution < -0.4 is 16.8 Å². The molecule has 1 aliphatic rings. The van der Waals surface area contributed by atoms with Gasteiger partial charge in [-0.3, -0.25) is 14.9 Å². The SMILES string of the molecule is NC(=O)NC1(N)C=C([N+](=O)[O-])C=CC1C(=O)OCc1ccccc1. The van der Waals surface area contributed by atoms with Gasteiger partial charge in [-0.2, -0.15) is 0 Å². The minimum atomic E-state index is -1.85. The first-order chi connectivity index (χ1) is 11.3. The van der Waals surface area contributed by atoms with Crippen LogP contribution in [0, 0.1) is 16.0 Å². The van der Waals surface area contributed by atoms with Crippen LogP contribution in [0.3, 0.4) is 0 Å². The Morgan fingerprint density at radius 2 is 2.00 bits per heavy atom. The van der Waals surface area contributed by atoms with E-state index in [-0.39, 0.29) is 12.3 Å². The van der Waals surface area contributed by atoms with Crippen molar-refractivity contribution in [2.75, 3.05) is 0 Å². The summed E-state index contributed by atoms with van der Waals surface area (Å²) in [6.45, 7) is 0.00245. The van der Waals surface area contributed by atoms with Crippen LogP contribution in [0.4, 0.5) is 4.79 Å². The Hall–Kier alpha value is -3.20. The van der Waals surface area contributed by atoms with Gasteiger partial charge in [-0.05, 0) is 5.56 Å². The van der Waals surface area contributed by atoms with Crippen molar-refractivity contribution in [3.8, 4) is 0 Å². The molecule has 0 aromatic heterocycles. The Morgan fingerprint density at radius 1 is 1.33 bits per heavy atom. The lowest BCUT2D eigenvalue weighted by Gasteiger charge is -2.33. The number of benzene rings is 1. The van der Waals surface area contributed by atoms with Crippen molar-refractivity contribution in [1.82, 2.24) is 5.32 Å². The topological polar surface area (TPSA) is 151 Å². The summed E-state index contributed by atoms with van der Waals surface area (Å²) in [5.41, 5.74) is 9.56. The number of nitrogens with one attached hydrogen (secondary N) is 1. The van der Waals surface area contributed by atoms with Gasteiger partial charge in [0, 0.05) is 12.2 Å². The van der Waals surface area contributed by atoms with E-state index >= 15 is 0 Å². The second-order valence-corrected chi connectivity index (χ2v) is 5.18. The molecule has 9 heteroatoms. The average molecular weight is 332 g/mol. The molecule has 2 unspecified atom stereocenters. The van der Waals surface area contributed by atoms with Gasteiger partial charge in [-0.25, -0.2) is 4.79 Å². The van der Waals surface area contributed by atoms with E-state index in [1.807, 2.05) is 6.07 Å². The van der Waals surface area contributed by atoms with Gasteiger partial charge in [-0.15, -0.1) is 0 Å². The van der Waals surface area contributed by atoms with Gasteiger partial charge in [0.15, 0.2) is 0 Å². The molecule has 5 N–H and O–H groups in total. The molecular weight excluding hydrogens is 316 g/mol. The van der Waals surface area contributed by atoms with Crippen molar-refractivity contribution >= 4 is 12.0 Å². The number of hydrogen-bond donors (Lipinski definition) is 3. The smallest absolute Gasteiger partial charge is 0.317 e. The summed E-state index contributed by atoms with van der Waals surface area (Å²) >= 11 is 0. The van der Waals surface area contributed by atoms with Crippen LogP contribution in [-0.2, 0) is 16.1 Å². The Balaban J connectivity index is 2.17. The van der Waals surface area contributed by atoms with Crippen LogP contribution in [-0.4, -0.2) is 22.6 Å². The van der Waals surface area contributed by atoms with Crippen LogP contribution in [0.25, 0.3) is 0 Å². The Kier molecular flexibility index (Phi) is 4.95. The fourth-order valence-electron chi connectivity index (χ4n) is 2.27. The summed E-state index contributed by atoms with van der Waals surface area (Å²) in [7, 11) is 0. The van der Waals surface area contributed by atoms with E-state index in [0.717, 1.165) is 17.7 Å². The van der Waals surface area contributed by atoms with Crippen LogP contribution in [0.5, 0.6) is 0 Å². The van der Waals surface area contributed by atoms with Gasteiger partial charge in [0.05, 0.1) is 4.92 Å². The molecule has 24 heavy (non-hydrogen) atoms. The van der Waals surface area contributed by atoms with Gasteiger partial charge < -0.3 is 21.5 Å². The van der Waals surface area contributed by atoms with Crippen LogP contribution in [0.15, 0.2) is 54.3 Å². The summed E-state index contributed by atoms with van der Waals surface area (Å²) in [6, 6.07) is 7.92. The van der Waals surface area contributed by atoms with Crippen molar-refractivity contribution in [2.45, 2.75) is 12.3 Å². The van der Waals surface area contributed by atoms with E-state index in [2.05, 4.69) is 5.32 Å². The third-order valence-electron chi connectivity index (χ3n) is 3.39. The number of carbonyl (C=O) groups excluding carboxylic acids is 2. The number of esters is 1. The molecule has 2 amide bonds. The predicted molar refractivity (Wildman–Crippen MR) is 83.6 cm³/mol. The number of allylic oxidation sites excluding steroid dienone is 1. The third-order valence-corrected chi connectivity index (χ3v) is 3.39. The molecule has 0 fully saturated rings. The number of amides is 2. The lowest BCUT2D eigenvalue weighted by molar-refractivity contribution is -0.420. The number of nitrogens with two attached hydrogens (primary N) is 2. The highest BCUT2D eigenvalue weighted by molar-refractivity contribution is 5.80. The van der Waals surface area contributed by atoms with Gasteiger partial charge in [-0.1, -0.05) is 36.4 Å². The Labute approximate surface area is 137 Å². The van der Waals surface area contributed by atoms with Crippen LogP contribution in [0.1, 0.15) is 5.56 Å². The lowest BCUT2D eigenvalue weighted by atomic mass is 9.87. The minimum absolute atomic E-state index is 0.00245. The predicted octanol–water partition coefficient (Wildman–Crippen LogP) is 0.400. The Bertz CT molecular complexity index is 716. The maximum Gasteiger partial charge on any atom is 0.317 e. The number of ether oxygens (including phenoxy) is 1. The second-order valence-electron chi connectivity index (χ2n) is 5.18. The Morgan fingerprint density at radius 3 is 2.58 bits per heavy atom. The largest absolute Gasteiger partial charge is 0.460 e. The molecule has 1 aromatic rings. The van der Waals surface area contributed by atoms with Crippen molar-refractivity contribution in [1.29, 1.82) is 0 Å². The molecule has 0 saturated carbocycles. The van der Waals surface area contributed by atoms with E-state index in [0.29, 0.717) is 0 Å². The number of primary amides is 1. The van der Waals surface area contributed by atoms with Crippen molar-refractivity contribution in [2.24, 2.45) is 17.4 Å². The molecule has 2 atom stereocenters. The fraction of sp³-hybridized carbons (Fsp3) is 0.200. The highest BCUT2D eigenvalue weighted by atomic mass is 16.6. The number of hydrogen-bond acceptors (Lipinski definition) is 6. The molecule has 0 bridgehead atoms. The van der Waals surface area contributed by atoms with E-state index in [1.54, 1.807) is 24.3 Å². The zero-order valence-electron chi connectivity index (χ0n) is 12.5. The van der Waals surface area contributed by atoms with E-state index < -0.39 is 28.5 Å². The lowest BCUT2D eigenvalue weighted by Crippen LogP contribution is -2.63. The first kappa shape index (κ1) is 17.2. The van der Waals surface area contributed by atoms with Crippen molar-refractivity contribution in [3.05, 3.63) is 69.9 Å². The molecule has 0 aliphatic heterocycles. The highest BCUT2D eigenvalue weighted by Gasteiger charge is 2.43. The minimum Gasteiger partial charge on any atom is -0.460 e. The zero-order chi connectivity index (χ0) is 17.7. The molecular formula is C15H16N4O5. The molecule has 0 saturated heterocycles. The van der Waals surface area contributed by atoms with Crippen molar-refractivity contribution < 1.29 is 19.2 Å². The summed E-state index contributed by atoms with van der Waals surface area (Å²) < 4.78 is 5.18. The molecule has 126 valence electrons. The quantitative estimate of drug-likeness (QED) is 0.307. The zero-order valence-corrected chi connectivity index (χ0v) is 12.5. The summed E-state index contributed by atoms with van der Waals surface area (Å²) in [5.74, 6) is -1.90. The average Bonchev–Trinajstić information content (AvgIpc) is 2.52. The number of nitro groups is 1. The number of nitrogens with zero attached hydrogens (tertiary/aromatic N) is 1. The summed E-state index contributed by atoms with van der Waals surface area (Å²) in [5, 5.41) is 13.0. The summed E-state index contributed by atoms with van der Waals surface area (Å²) in [6.07, 6.45) is 3.30. The molecule has 1 aliphatic carbocycles. The van der Waals surface area contributed by atoms with Crippen molar-refractivity contribution in [3.63, 3.8) is 0 Å². The van der Waals surface area contributed by atoms with Gasteiger partial charge >= 0.3 is 12.0 Å². The highest BCUT2D eigenvalue weighted by Crippen LogP contribution is 2.25. The van der Waals surface area contributed by atoms with Crippen LogP contribution in [0.2, 0.25) is 0 Å². The third kappa shape index (κ3) is 3.96. The maximum atomic E-state index is 12.3. The maximum absolute atomic E-state index is 12.3. The first-order valence-electron chi connectivity index (χ1n) is 6.94. The normalized spacial score (nSPS) is 22.4. The van der Waals surface area contributed by atoms with Gasteiger partial charge in [0.25, 0.3) is 5.70 Å². The summed E-state index contributed by atoms with van der Waals surface area (Å²) in [4.78, 5) is 33.7. The standard InChI is InChI=1S/C15H16N4O5/c16-14(21)18-15(17)8-11(19(22)23)6-7-12(15)13(20)24-9-10-4-2-1-3-5-10/h1-8,12H,9,17H2,(H3,16,18,21). The second kappa shape index (κ2) is 6.92. The van der Waals surface area contributed by atoms with Crippen LogP contribution >= 0.6 is 0 Å². The molecule has 0 heterocycles. The number of rotatable bonds is 5. The molecule has 0 radical (unpaired) electrons. The van der Waals surface area contributed by atoms with E-state index in [9.17, 15) is 19.7 Å². The molecule has 0 spiro atoms. The van der Waals surface area contributed by atoms with Gasteiger partial charge in [0.2, 0.25) is 0 Å². The van der Waals surface area contributed by atoms with E-state index in [1.165, 1.54) is 6.08 Å².